The van der Waals surface area contributed by atoms with Crippen molar-refractivity contribution in [3.05, 3.63) is 59.2 Å². The Kier molecular flexibility index (Phi) is 3.76. The van der Waals surface area contributed by atoms with Crippen LogP contribution in [0.15, 0.2) is 42.5 Å². The van der Waals surface area contributed by atoms with Gasteiger partial charge in [0.25, 0.3) is 0 Å². The lowest BCUT2D eigenvalue weighted by Gasteiger charge is -2.32. The van der Waals surface area contributed by atoms with Crippen molar-refractivity contribution >= 4 is 11.7 Å². The molecule has 0 spiro atoms. The molecule has 1 aliphatic heterocycles. The largest absolute Gasteiger partial charge is 0.545 e. The van der Waals surface area contributed by atoms with Gasteiger partial charge in [-0.3, -0.25) is 0 Å². The molecule has 0 aliphatic carbocycles. The summed E-state index contributed by atoms with van der Waals surface area (Å²) < 4.78 is 5.82. The van der Waals surface area contributed by atoms with E-state index in [1.807, 2.05) is 17.0 Å². The molecule has 0 unspecified atom stereocenters. The van der Waals surface area contributed by atoms with E-state index in [9.17, 15) is 9.90 Å². The minimum atomic E-state index is -1.17. The molecule has 2 aromatic rings. The van der Waals surface area contributed by atoms with Crippen LogP contribution < -0.4 is 14.7 Å². The minimum Gasteiger partial charge on any atom is -0.545 e. The number of carbonyl (C=O) groups is 1. The van der Waals surface area contributed by atoms with Crippen molar-refractivity contribution in [1.82, 2.24) is 0 Å². The molecule has 2 aromatic carbocycles. The summed E-state index contributed by atoms with van der Waals surface area (Å²) >= 11 is 0. The third kappa shape index (κ3) is 3.16. The van der Waals surface area contributed by atoms with Gasteiger partial charge in [0.15, 0.2) is 6.73 Å². The first kappa shape index (κ1) is 15.4. The predicted octanol–water partition coefficient (Wildman–Crippen LogP) is 2.70. The SMILES string of the molecule is CC(C)(C)c1ccc2c(c1)CN(c1cccc(C(=O)[O-])c1)CO2. The zero-order chi connectivity index (χ0) is 16.6. The van der Waals surface area contributed by atoms with Crippen LogP contribution in [-0.4, -0.2) is 12.7 Å². The second kappa shape index (κ2) is 5.61. The van der Waals surface area contributed by atoms with Gasteiger partial charge in [0, 0.05) is 17.8 Å². The highest BCUT2D eigenvalue weighted by molar-refractivity contribution is 5.87. The number of hydrogen-bond donors (Lipinski definition) is 0. The number of benzene rings is 2. The summed E-state index contributed by atoms with van der Waals surface area (Å²) in [6, 6.07) is 13.1. The molecule has 23 heavy (non-hydrogen) atoms. The average molecular weight is 310 g/mol. The maximum atomic E-state index is 11.0. The van der Waals surface area contributed by atoms with Crippen molar-refractivity contribution in [2.45, 2.75) is 32.7 Å². The Bertz CT molecular complexity index is 747. The van der Waals surface area contributed by atoms with Gasteiger partial charge in [-0.05, 0) is 40.8 Å². The van der Waals surface area contributed by atoms with Crippen LogP contribution in [0.25, 0.3) is 0 Å². The lowest BCUT2D eigenvalue weighted by Crippen LogP contribution is -2.32. The van der Waals surface area contributed by atoms with Crippen LogP contribution >= 0.6 is 0 Å². The molecule has 0 fully saturated rings. The molecule has 0 saturated carbocycles. The lowest BCUT2D eigenvalue weighted by atomic mass is 9.86. The third-order valence-electron chi connectivity index (χ3n) is 4.11. The number of carboxylic acids is 1. The van der Waals surface area contributed by atoms with E-state index in [1.165, 1.54) is 11.6 Å². The van der Waals surface area contributed by atoms with Gasteiger partial charge in [0.2, 0.25) is 0 Å². The maximum absolute atomic E-state index is 11.0. The normalized spacial score (nSPS) is 14.1. The van der Waals surface area contributed by atoms with Crippen molar-refractivity contribution in [1.29, 1.82) is 0 Å². The molecule has 0 atom stereocenters. The van der Waals surface area contributed by atoms with E-state index in [2.05, 4.69) is 32.9 Å². The van der Waals surface area contributed by atoms with E-state index < -0.39 is 5.97 Å². The molecule has 120 valence electrons. The van der Waals surface area contributed by atoms with Crippen LogP contribution in [0.5, 0.6) is 5.75 Å². The quantitative estimate of drug-likeness (QED) is 0.856. The first-order chi connectivity index (χ1) is 10.8. The standard InChI is InChI=1S/C19H21NO3/c1-19(2,3)15-7-8-17-14(9-15)11-20(12-23-17)16-6-4-5-13(10-16)18(21)22/h4-10H,11-12H2,1-3H3,(H,21,22)/p-1. The van der Waals surface area contributed by atoms with E-state index >= 15 is 0 Å². The number of nitrogens with zero attached hydrogens (tertiary/aromatic N) is 1. The molecule has 1 heterocycles. The van der Waals surface area contributed by atoms with Gasteiger partial charge in [-0.1, -0.05) is 39.0 Å². The smallest absolute Gasteiger partial charge is 0.161 e. The van der Waals surface area contributed by atoms with E-state index in [4.69, 9.17) is 4.74 Å². The highest BCUT2D eigenvalue weighted by Crippen LogP contribution is 2.32. The molecular formula is C19H20NO3-. The molecule has 0 aromatic heterocycles. The Balaban J connectivity index is 1.90. The minimum absolute atomic E-state index is 0.0756. The van der Waals surface area contributed by atoms with Crippen molar-refractivity contribution in [2.24, 2.45) is 0 Å². The Morgan fingerprint density at radius 1 is 1.17 bits per heavy atom. The summed E-state index contributed by atoms with van der Waals surface area (Å²) in [5.41, 5.74) is 3.44. The summed E-state index contributed by atoms with van der Waals surface area (Å²) in [6.45, 7) is 7.63. The molecule has 0 radical (unpaired) electrons. The molecule has 1 aliphatic rings. The van der Waals surface area contributed by atoms with Gasteiger partial charge in [-0.2, -0.15) is 0 Å². The molecular weight excluding hydrogens is 290 g/mol. The zero-order valence-electron chi connectivity index (χ0n) is 13.6. The Hall–Kier alpha value is -2.49. The number of fused-ring (bicyclic) bond motifs is 1. The molecule has 0 N–H and O–H groups in total. The molecule has 4 heteroatoms. The number of aromatic carboxylic acids is 1. The number of ether oxygens (including phenoxy) is 1. The van der Waals surface area contributed by atoms with Crippen molar-refractivity contribution in [3.63, 3.8) is 0 Å². The fourth-order valence-corrected chi connectivity index (χ4v) is 2.70. The maximum Gasteiger partial charge on any atom is 0.161 e. The van der Waals surface area contributed by atoms with Gasteiger partial charge >= 0.3 is 0 Å². The van der Waals surface area contributed by atoms with Gasteiger partial charge in [-0.15, -0.1) is 0 Å². The first-order valence-electron chi connectivity index (χ1n) is 7.67. The van der Waals surface area contributed by atoms with Gasteiger partial charge in [0.1, 0.15) is 5.75 Å². The summed E-state index contributed by atoms with van der Waals surface area (Å²) in [7, 11) is 0. The number of rotatable bonds is 2. The third-order valence-corrected chi connectivity index (χ3v) is 4.11. The summed E-state index contributed by atoms with van der Waals surface area (Å²) in [5, 5.41) is 11.0. The van der Waals surface area contributed by atoms with E-state index in [1.54, 1.807) is 12.1 Å². The van der Waals surface area contributed by atoms with Gasteiger partial charge in [0.05, 0.1) is 5.97 Å². The first-order valence-corrected chi connectivity index (χ1v) is 7.67. The Morgan fingerprint density at radius 2 is 1.96 bits per heavy atom. The number of carboxylic acid groups (broad SMARTS) is 1. The zero-order valence-corrected chi connectivity index (χ0v) is 13.6. The summed E-state index contributed by atoms with van der Waals surface area (Å²) in [6.07, 6.45) is 0. The molecule has 0 amide bonds. The molecule has 0 bridgehead atoms. The van der Waals surface area contributed by atoms with Crippen molar-refractivity contribution in [3.8, 4) is 5.75 Å². The fraction of sp³-hybridized carbons (Fsp3) is 0.316. The van der Waals surface area contributed by atoms with Crippen LogP contribution in [0.3, 0.4) is 0 Å². The number of carbonyl (C=O) groups excluding carboxylic acids is 1. The predicted molar refractivity (Wildman–Crippen MR) is 87.6 cm³/mol. The van der Waals surface area contributed by atoms with Crippen LogP contribution in [-0.2, 0) is 12.0 Å². The fourth-order valence-electron chi connectivity index (χ4n) is 2.70. The van der Waals surface area contributed by atoms with Crippen molar-refractivity contribution < 1.29 is 14.6 Å². The van der Waals surface area contributed by atoms with Crippen molar-refractivity contribution in [2.75, 3.05) is 11.6 Å². The second-order valence-corrected chi connectivity index (χ2v) is 6.88. The molecule has 4 nitrogen and oxygen atoms in total. The second-order valence-electron chi connectivity index (χ2n) is 6.88. The summed E-state index contributed by atoms with van der Waals surface area (Å²) in [5.74, 6) is -0.273. The summed E-state index contributed by atoms with van der Waals surface area (Å²) in [4.78, 5) is 13.0. The Morgan fingerprint density at radius 3 is 2.65 bits per heavy atom. The van der Waals surface area contributed by atoms with Crippen LogP contribution in [0, 0.1) is 0 Å². The van der Waals surface area contributed by atoms with Crippen LogP contribution in [0.2, 0.25) is 0 Å². The highest BCUT2D eigenvalue weighted by Gasteiger charge is 2.21. The van der Waals surface area contributed by atoms with Crippen LogP contribution in [0.4, 0.5) is 5.69 Å². The number of anilines is 1. The molecule has 0 saturated heterocycles. The van der Waals surface area contributed by atoms with Gasteiger partial charge < -0.3 is 19.5 Å². The Labute approximate surface area is 136 Å². The van der Waals surface area contributed by atoms with E-state index in [0.29, 0.717) is 13.3 Å². The lowest BCUT2D eigenvalue weighted by molar-refractivity contribution is -0.255. The number of hydrogen-bond acceptors (Lipinski definition) is 4. The van der Waals surface area contributed by atoms with Gasteiger partial charge in [-0.25, -0.2) is 0 Å². The highest BCUT2D eigenvalue weighted by atomic mass is 16.5. The monoisotopic (exact) mass is 310 g/mol. The van der Waals surface area contributed by atoms with E-state index in [-0.39, 0.29) is 11.0 Å². The van der Waals surface area contributed by atoms with E-state index in [0.717, 1.165) is 17.0 Å². The topological polar surface area (TPSA) is 52.6 Å². The average Bonchev–Trinajstić information content (AvgIpc) is 2.53. The molecule has 3 rings (SSSR count). The van der Waals surface area contributed by atoms with Crippen LogP contribution in [0.1, 0.15) is 42.3 Å².